The molecule has 7 aliphatic rings. The van der Waals surface area contributed by atoms with E-state index in [-0.39, 0.29) is 27.6 Å². The highest BCUT2D eigenvalue weighted by atomic mass is 16.3. The van der Waals surface area contributed by atoms with E-state index < -0.39 is 0 Å². The number of rotatable bonds is 12. The average molecular weight is 1520 g/mol. The molecule has 15 aromatic rings. The Balaban J connectivity index is 0.647. The Morgan fingerprint density at radius 1 is 0.350 bits per heavy atom. The Labute approximate surface area is 690 Å². The van der Waals surface area contributed by atoms with E-state index in [0.717, 1.165) is 70.5 Å². The lowest BCUT2D eigenvalue weighted by molar-refractivity contribution is 0.316. The molecule has 2 saturated carbocycles. The molecule has 0 aliphatic heterocycles. The summed E-state index contributed by atoms with van der Waals surface area (Å²) in [7, 11) is 0. The molecule has 2 heterocycles. The zero-order valence-corrected chi connectivity index (χ0v) is 69.5. The van der Waals surface area contributed by atoms with Crippen LogP contribution in [0.1, 0.15) is 224 Å². The fourth-order valence-corrected chi connectivity index (χ4v) is 23.4. The van der Waals surface area contributed by atoms with Crippen LogP contribution in [0, 0.1) is 5.92 Å². The van der Waals surface area contributed by atoms with E-state index in [1.54, 1.807) is 5.57 Å². The van der Waals surface area contributed by atoms with Gasteiger partial charge in [0, 0.05) is 77.3 Å². The minimum absolute atomic E-state index is 0.0159. The maximum atomic E-state index is 7.17. The Kier molecular flexibility index (Phi) is 16.4. The fraction of sp³-hybridized carbons (Fsp3) is 0.257. The average Bonchev–Trinajstić information content (AvgIpc) is 1.56. The SMILES string of the molecule is CC(C)c1cc(C(C)C)c2oc3ccc(-c4cccc(N(c5ccc6c(c5)C(C)(C)c5ccccc5-6)c5ccc6c(c5)C5(CCCC(c7cc(C(C)C)c8oc9ccc(-c%10cccc(N(c%11ccc%12c(c%11)C%11(CCCCC%11)C%11=C%12C=CC=C[C@H]%11C)c%11ccc%12c(c%11)C(C)(C)c%11ccccc%11-%12)c%10)cc9c8c7)C5)c5ccccc5-6)c4)cc3c2c1. The molecule has 117 heavy (non-hydrogen) atoms. The summed E-state index contributed by atoms with van der Waals surface area (Å²) >= 11 is 0. The van der Waals surface area contributed by atoms with Gasteiger partial charge in [0.15, 0.2) is 0 Å². The molecule has 13 aromatic carbocycles. The van der Waals surface area contributed by atoms with Gasteiger partial charge in [-0.15, -0.1) is 0 Å². The minimum atomic E-state index is -0.230. The number of fused-ring (bicyclic) bond motifs is 21. The molecule has 3 atom stereocenters. The van der Waals surface area contributed by atoms with Gasteiger partial charge in [-0.3, -0.25) is 0 Å². The van der Waals surface area contributed by atoms with Crippen molar-refractivity contribution >= 4 is 83.6 Å². The maximum absolute atomic E-state index is 7.17. The van der Waals surface area contributed by atoms with Gasteiger partial charge in [-0.05, 0) is 304 Å². The zero-order chi connectivity index (χ0) is 79.3. The molecular formula is C113H102N2O2. The smallest absolute Gasteiger partial charge is 0.138 e. The van der Waals surface area contributed by atoms with Crippen LogP contribution < -0.4 is 9.80 Å². The highest BCUT2D eigenvalue weighted by molar-refractivity contribution is 6.09. The third-order valence-corrected chi connectivity index (χ3v) is 29.2. The summed E-state index contributed by atoms with van der Waals surface area (Å²) in [6, 6.07) is 99.5. The second-order valence-corrected chi connectivity index (χ2v) is 37.5. The number of allylic oxidation sites excluding steroid dienone is 6. The van der Waals surface area contributed by atoms with Crippen molar-refractivity contribution in [3.8, 4) is 55.6 Å². The third-order valence-electron chi connectivity index (χ3n) is 29.2. The van der Waals surface area contributed by atoms with Crippen LogP contribution in [-0.4, -0.2) is 0 Å². The number of furan rings is 2. The topological polar surface area (TPSA) is 32.8 Å². The lowest BCUT2D eigenvalue weighted by atomic mass is 9.63. The van der Waals surface area contributed by atoms with Crippen LogP contribution >= 0.6 is 0 Å². The first-order valence-electron chi connectivity index (χ1n) is 43.6. The van der Waals surface area contributed by atoms with Crippen molar-refractivity contribution in [2.24, 2.45) is 5.92 Å². The molecule has 0 saturated heterocycles. The molecule has 22 rings (SSSR count). The molecule has 0 N–H and O–H groups in total. The number of anilines is 6. The zero-order valence-electron chi connectivity index (χ0n) is 69.5. The maximum Gasteiger partial charge on any atom is 0.138 e. The highest BCUT2D eigenvalue weighted by Crippen LogP contribution is 2.63. The summed E-state index contributed by atoms with van der Waals surface area (Å²) in [5.74, 6) is 1.63. The van der Waals surface area contributed by atoms with E-state index in [0.29, 0.717) is 23.7 Å². The quantitative estimate of drug-likeness (QED) is 0.122. The highest BCUT2D eigenvalue weighted by Gasteiger charge is 2.49. The minimum Gasteiger partial charge on any atom is -0.456 e. The molecule has 2 fully saturated rings. The summed E-state index contributed by atoms with van der Waals surface area (Å²) in [5, 5.41) is 4.74. The predicted octanol–water partition coefficient (Wildman–Crippen LogP) is 32.1. The first-order chi connectivity index (χ1) is 56.8. The third kappa shape index (κ3) is 10.9. The van der Waals surface area contributed by atoms with Gasteiger partial charge in [0.25, 0.3) is 0 Å². The molecule has 2 unspecified atom stereocenters. The number of hydrogen-bond acceptors (Lipinski definition) is 4. The van der Waals surface area contributed by atoms with Crippen molar-refractivity contribution in [2.45, 2.75) is 179 Å². The van der Waals surface area contributed by atoms with E-state index >= 15 is 0 Å². The summed E-state index contributed by atoms with van der Waals surface area (Å²) < 4.78 is 14.0. The standard InChI is InChI=1S/C113H102N2O2/c1-67(2)76-58-92(68(3)4)108-96(59-76)94-56-73(39-49-105(94)116-108)71-27-24-31-79(55-71)115(81-42-46-88-85-33-16-19-37-99(85)111(10,11)102(88)63-81)83-43-47-89-86-34-17-20-38-100(86)113(104(89)65-83)53-25-29-75(66-113)77-60-93(69(5)6)109-97(61-77)95-57-74(40-50-106(95)117-109)72-28-23-30-78(54-72)114(80-41-45-87-84-32-15-18-36-98(84)110(8,9)101(87)62-80)82-44-48-90-91-35-14-13-26-70(7)107(91)112(103(90)64-82)51-21-12-22-52-112/h13-20,23-24,26-28,30-50,54-65,67-70,75H,12,21-22,25,29,51-53,66H2,1-11H3/t70-,75?,113?/m1/s1. The Morgan fingerprint density at radius 3 is 1.35 bits per heavy atom. The van der Waals surface area contributed by atoms with Crippen LogP contribution in [0.4, 0.5) is 34.1 Å². The van der Waals surface area contributed by atoms with Crippen LogP contribution in [0.2, 0.25) is 0 Å². The fourth-order valence-electron chi connectivity index (χ4n) is 23.4. The van der Waals surface area contributed by atoms with E-state index in [1.807, 2.05) is 0 Å². The largest absolute Gasteiger partial charge is 0.456 e. The number of benzene rings is 13. The van der Waals surface area contributed by atoms with Crippen LogP contribution in [0.5, 0.6) is 0 Å². The van der Waals surface area contributed by atoms with Crippen molar-refractivity contribution in [3.63, 3.8) is 0 Å². The van der Waals surface area contributed by atoms with E-state index in [2.05, 4.69) is 365 Å². The molecule has 4 nitrogen and oxygen atoms in total. The van der Waals surface area contributed by atoms with Crippen LogP contribution in [0.15, 0.2) is 293 Å². The first kappa shape index (κ1) is 71.8. The van der Waals surface area contributed by atoms with E-state index in [4.69, 9.17) is 8.83 Å². The summed E-state index contributed by atoms with van der Waals surface area (Å²) in [6.07, 6.45) is 19.9. The van der Waals surface area contributed by atoms with E-state index in [9.17, 15) is 0 Å². The Morgan fingerprint density at radius 2 is 0.803 bits per heavy atom. The van der Waals surface area contributed by atoms with Crippen LogP contribution in [0.25, 0.3) is 105 Å². The summed E-state index contributed by atoms with van der Waals surface area (Å²) in [4.78, 5) is 5.14. The molecule has 576 valence electrons. The predicted molar refractivity (Wildman–Crippen MR) is 492 cm³/mol. The lowest BCUT2D eigenvalue weighted by Gasteiger charge is -2.41. The molecular weight excluding hydrogens is 1420 g/mol. The number of nitrogens with zero attached hydrogens (tertiary/aromatic N) is 2. The number of hydrogen-bond donors (Lipinski definition) is 0. The van der Waals surface area contributed by atoms with Gasteiger partial charge >= 0.3 is 0 Å². The molecule has 0 bridgehead atoms. The van der Waals surface area contributed by atoms with Crippen molar-refractivity contribution < 1.29 is 8.83 Å². The Hall–Kier alpha value is -11.7. The second kappa shape index (κ2) is 26.7. The monoisotopic (exact) mass is 1520 g/mol. The normalized spacial score (nSPS) is 18.8. The molecule has 0 radical (unpaired) electrons. The van der Waals surface area contributed by atoms with Gasteiger partial charge in [-0.1, -0.05) is 272 Å². The first-order valence-corrected chi connectivity index (χ1v) is 43.6. The molecule has 2 aromatic heterocycles. The van der Waals surface area contributed by atoms with Gasteiger partial charge in [0.2, 0.25) is 0 Å². The van der Waals surface area contributed by atoms with E-state index in [1.165, 1.54) is 193 Å². The molecule has 0 amide bonds. The van der Waals surface area contributed by atoms with Gasteiger partial charge in [-0.2, -0.15) is 0 Å². The second-order valence-electron chi connectivity index (χ2n) is 37.5. The van der Waals surface area contributed by atoms with Gasteiger partial charge in [-0.25, -0.2) is 0 Å². The molecule has 2 spiro atoms. The van der Waals surface area contributed by atoms with Crippen molar-refractivity contribution in [2.75, 3.05) is 9.80 Å². The van der Waals surface area contributed by atoms with Crippen molar-refractivity contribution in [1.29, 1.82) is 0 Å². The van der Waals surface area contributed by atoms with Crippen molar-refractivity contribution in [3.05, 3.63) is 351 Å². The molecule has 7 aliphatic carbocycles. The van der Waals surface area contributed by atoms with Gasteiger partial charge in [0.1, 0.15) is 22.3 Å². The van der Waals surface area contributed by atoms with Gasteiger partial charge in [0.05, 0.1) is 0 Å². The van der Waals surface area contributed by atoms with Crippen molar-refractivity contribution in [1.82, 2.24) is 0 Å². The lowest BCUT2D eigenvalue weighted by Crippen LogP contribution is -2.32. The van der Waals surface area contributed by atoms with Gasteiger partial charge < -0.3 is 18.6 Å². The summed E-state index contributed by atoms with van der Waals surface area (Å²) in [6.45, 7) is 25.9. The van der Waals surface area contributed by atoms with Crippen LogP contribution in [-0.2, 0) is 21.7 Å². The Bertz CT molecular complexity index is 6780. The summed E-state index contributed by atoms with van der Waals surface area (Å²) in [5.41, 5.74) is 42.7. The van der Waals surface area contributed by atoms with Crippen LogP contribution in [0.3, 0.4) is 0 Å². The molecule has 4 heteroatoms.